The minimum absolute atomic E-state index is 0. The smallest absolute Gasteiger partial charge is 0.225 e. The predicted octanol–water partition coefficient (Wildman–Crippen LogP) is 3.22. The molecule has 2 aliphatic rings. The van der Waals surface area contributed by atoms with Crippen molar-refractivity contribution in [3.05, 3.63) is 35.9 Å². The number of carbonyl (C=O) groups excluding carboxylic acids is 1. The van der Waals surface area contributed by atoms with E-state index in [1.807, 2.05) is 25.8 Å². The molecule has 0 spiro atoms. The Labute approximate surface area is 180 Å². The fraction of sp³-hybridized carbons (Fsp3) is 0.619. The number of amides is 1. The van der Waals surface area contributed by atoms with Gasteiger partial charge in [-0.25, -0.2) is 0 Å². The lowest BCUT2D eigenvalue weighted by molar-refractivity contribution is -0.135. The molecule has 2 unspecified atom stereocenters. The summed E-state index contributed by atoms with van der Waals surface area (Å²) in [5.74, 6) is 2.63. The highest BCUT2D eigenvalue weighted by Gasteiger charge is 2.38. The number of hydrogen-bond acceptors (Lipinski definition) is 2. The van der Waals surface area contributed by atoms with Gasteiger partial charge in [0.2, 0.25) is 5.91 Å². The minimum Gasteiger partial charge on any atom is -0.356 e. The van der Waals surface area contributed by atoms with Gasteiger partial charge in [-0.05, 0) is 36.7 Å². The number of halogens is 1. The molecule has 1 saturated carbocycles. The second-order valence-corrected chi connectivity index (χ2v) is 7.86. The van der Waals surface area contributed by atoms with Crippen molar-refractivity contribution in [2.45, 2.75) is 45.1 Å². The highest BCUT2D eigenvalue weighted by molar-refractivity contribution is 14.0. The molecule has 2 atom stereocenters. The number of guanidine groups is 1. The van der Waals surface area contributed by atoms with Crippen molar-refractivity contribution in [2.24, 2.45) is 16.8 Å². The summed E-state index contributed by atoms with van der Waals surface area (Å²) in [6.45, 7) is 6.58. The summed E-state index contributed by atoms with van der Waals surface area (Å²) in [6, 6.07) is 11.2. The topological polar surface area (TPSA) is 56.7 Å². The van der Waals surface area contributed by atoms with Gasteiger partial charge in [0.25, 0.3) is 0 Å². The number of aliphatic imine (C=N–C) groups is 1. The van der Waals surface area contributed by atoms with Crippen molar-refractivity contribution in [2.75, 3.05) is 26.7 Å². The molecule has 150 valence electrons. The lowest BCUT2D eigenvalue weighted by Crippen LogP contribution is -2.50. The summed E-state index contributed by atoms with van der Waals surface area (Å²) in [5, 5.41) is 7.02. The van der Waals surface area contributed by atoms with Crippen LogP contribution in [-0.2, 0) is 4.79 Å². The summed E-state index contributed by atoms with van der Waals surface area (Å²) >= 11 is 0. The predicted molar refractivity (Wildman–Crippen MR) is 122 cm³/mol. The molecule has 3 rings (SSSR count). The third-order valence-electron chi connectivity index (χ3n) is 5.55. The first-order valence-electron chi connectivity index (χ1n) is 9.89. The van der Waals surface area contributed by atoms with Gasteiger partial charge in [0.15, 0.2) is 5.96 Å². The molecule has 6 heteroatoms. The maximum atomic E-state index is 12.1. The molecule has 5 nitrogen and oxygen atoms in total. The summed E-state index contributed by atoms with van der Waals surface area (Å²) in [4.78, 5) is 18.5. The summed E-state index contributed by atoms with van der Waals surface area (Å²) in [7, 11) is 1.83. The Bertz CT molecular complexity index is 626. The number of benzene rings is 1. The zero-order valence-electron chi connectivity index (χ0n) is 16.6. The molecule has 1 aliphatic carbocycles. The Balaban J connectivity index is 0.00000261. The van der Waals surface area contributed by atoms with E-state index in [-0.39, 0.29) is 35.8 Å². The molecule has 2 fully saturated rings. The molecule has 0 bridgehead atoms. The number of nitrogens with one attached hydrogen (secondary N) is 2. The van der Waals surface area contributed by atoms with Crippen molar-refractivity contribution in [3.8, 4) is 0 Å². The third kappa shape index (κ3) is 6.09. The number of carbonyl (C=O) groups is 1. The van der Waals surface area contributed by atoms with E-state index < -0.39 is 0 Å². The molecule has 2 N–H and O–H groups in total. The largest absolute Gasteiger partial charge is 0.356 e. The number of piperidine rings is 1. The van der Waals surface area contributed by atoms with Gasteiger partial charge in [0.05, 0.1) is 0 Å². The van der Waals surface area contributed by atoms with Gasteiger partial charge >= 0.3 is 0 Å². The van der Waals surface area contributed by atoms with E-state index in [4.69, 9.17) is 0 Å². The molecule has 27 heavy (non-hydrogen) atoms. The van der Waals surface area contributed by atoms with Gasteiger partial charge in [-0.15, -0.1) is 24.0 Å². The summed E-state index contributed by atoms with van der Waals surface area (Å²) in [5.41, 5.74) is 1.45. The normalized spacial score (nSPS) is 23.0. The van der Waals surface area contributed by atoms with Crippen LogP contribution in [0.5, 0.6) is 0 Å². The summed E-state index contributed by atoms with van der Waals surface area (Å²) in [6.07, 6.45) is 3.22. The van der Waals surface area contributed by atoms with Crippen LogP contribution in [0.4, 0.5) is 0 Å². The van der Waals surface area contributed by atoms with Crippen molar-refractivity contribution in [1.82, 2.24) is 15.5 Å². The monoisotopic (exact) mass is 484 g/mol. The first-order chi connectivity index (χ1) is 12.6. The van der Waals surface area contributed by atoms with Gasteiger partial charge in [-0.3, -0.25) is 9.79 Å². The van der Waals surface area contributed by atoms with Gasteiger partial charge in [-0.2, -0.15) is 0 Å². The molecule has 1 heterocycles. The minimum atomic E-state index is 0. The fourth-order valence-corrected chi connectivity index (χ4v) is 3.81. The average molecular weight is 484 g/mol. The Hall–Kier alpha value is -1.31. The lowest BCUT2D eigenvalue weighted by Gasteiger charge is -2.34. The molecule has 1 aromatic carbocycles. The molecule has 1 amide bonds. The van der Waals surface area contributed by atoms with Crippen molar-refractivity contribution < 1.29 is 4.79 Å². The van der Waals surface area contributed by atoms with Crippen LogP contribution in [0.1, 0.15) is 44.6 Å². The third-order valence-corrected chi connectivity index (χ3v) is 5.55. The maximum Gasteiger partial charge on any atom is 0.225 e. The van der Waals surface area contributed by atoms with Gasteiger partial charge in [-0.1, -0.05) is 44.2 Å². The SMILES string of the molecule is CN=C(NCC1CC1c1ccccc1)NC1CCN(C(=O)C(C)C)CC1.I. The number of nitrogens with zero attached hydrogens (tertiary/aromatic N) is 2. The highest BCUT2D eigenvalue weighted by atomic mass is 127. The second-order valence-electron chi connectivity index (χ2n) is 7.86. The average Bonchev–Trinajstić information content (AvgIpc) is 3.45. The molecule has 0 radical (unpaired) electrons. The number of rotatable bonds is 5. The van der Waals surface area contributed by atoms with E-state index >= 15 is 0 Å². The van der Waals surface area contributed by atoms with E-state index in [1.54, 1.807) is 0 Å². The van der Waals surface area contributed by atoms with Crippen LogP contribution >= 0.6 is 24.0 Å². The van der Waals surface area contributed by atoms with Crippen LogP contribution in [-0.4, -0.2) is 49.5 Å². The zero-order valence-corrected chi connectivity index (χ0v) is 19.0. The van der Waals surface area contributed by atoms with Crippen LogP contribution in [0.15, 0.2) is 35.3 Å². The Morgan fingerprint density at radius 3 is 2.48 bits per heavy atom. The van der Waals surface area contributed by atoms with E-state index in [9.17, 15) is 4.79 Å². The Kier molecular flexibility index (Phi) is 8.38. The van der Waals surface area contributed by atoms with E-state index in [0.717, 1.165) is 38.4 Å². The fourth-order valence-electron chi connectivity index (χ4n) is 3.81. The van der Waals surface area contributed by atoms with Crippen LogP contribution in [0.2, 0.25) is 0 Å². The van der Waals surface area contributed by atoms with Crippen molar-refractivity contribution >= 4 is 35.8 Å². The highest BCUT2D eigenvalue weighted by Crippen LogP contribution is 2.46. The molecule has 1 aromatic rings. The van der Waals surface area contributed by atoms with E-state index in [2.05, 4.69) is 46.0 Å². The Morgan fingerprint density at radius 1 is 1.22 bits per heavy atom. The van der Waals surface area contributed by atoms with Crippen LogP contribution in [0.3, 0.4) is 0 Å². The van der Waals surface area contributed by atoms with Crippen molar-refractivity contribution in [1.29, 1.82) is 0 Å². The van der Waals surface area contributed by atoms with Gasteiger partial charge < -0.3 is 15.5 Å². The zero-order chi connectivity index (χ0) is 18.5. The second kappa shape index (κ2) is 10.3. The molecule has 0 aromatic heterocycles. The molecular formula is C21H33IN4O. The van der Waals surface area contributed by atoms with E-state index in [0.29, 0.717) is 17.9 Å². The first kappa shape index (κ1) is 22.0. The van der Waals surface area contributed by atoms with Crippen molar-refractivity contribution in [3.63, 3.8) is 0 Å². The van der Waals surface area contributed by atoms with Gasteiger partial charge in [0.1, 0.15) is 0 Å². The molecular weight excluding hydrogens is 451 g/mol. The number of hydrogen-bond donors (Lipinski definition) is 2. The van der Waals surface area contributed by atoms with E-state index in [1.165, 1.54) is 12.0 Å². The quantitative estimate of drug-likeness (QED) is 0.384. The lowest BCUT2D eigenvalue weighted by atomic mass is 10.0. The molecule has 1 aliphatic heterocycles. The summed E-state index contributed by atoms with van der Waals surface area (Å²) < 4.78 is 0. The standard InChI is InChI=1S/C21H32N4O.HI/c1-15(2)20(26)25-11-9-18(10-12-25)24-21(22-3)23-14-17-13-19(17)16-7-5-4-6-8-16;/h4-8,15,17-19H,9-14H2,1-3H3,(H2,22,23,24);1H. The van der Waals surface area contributed by atoms with Crippen LogP contribution in [0, 0.1) is 11.8 Å². The number of likely N-dealkylation sites (tertiary alicyclic amines) is 1. The molecule has 1 saturated heterocycles. The first-order valence-corrected chi connectivity index (χ1v) is 9.89. The van der Waals surface area contributed by atoms with Gasteiger partial charge in [0, 0.05) is 38.6 Å². The maximum absolute atomic E-state index is 12.1. The van der Waals surface area contributed by atoms with Crippen LogP contribution < -0.4 is 10.6 Å². The Morgan fingerprint density at radius 2 is 1.89 bits per heavy atom. The van der Waals surface area contributed by atoms with Crippen LogP contribution in [0.25, 0.3) is 0 Å².